The summed E-state index contributed by atoms with van der Waals surface area (Å²) in [4.78, 5) is 17.3. The van der Waals surface area contributed by atoms with E-state index in [4.69, 9.17) is 27.9 Å². The lowest BCUT2D eigenvalue weighted by Gasteiger charge is -2.08. The quantitative estimate of drug-likeness (QED) is 0.272. The molecular weight excluding hydrogens is 465 g/mol. The minimum absolute atomic E-state index is 0.0729. The zero-order valence-corrected chi connectivity index (χ0v) is 19.1. The number of nitrogens with zero attached hydrogens (tertiary/aromatic N) is 5. The highest BCUT2D eigenvalue weighted by molar-refractivity contribution is 7.98. The third kappa shape index (κ3) is 4.80. The molecule has 0 N–H and O–H groups in total. The van der Waals surface area contributed by atoms with Gasteiger partial charge in [0.15, 0.2) is 10.1 Å². The highest BCUT2D eigenvalue weighted by atomic mass is 35.5. The number of aryl methyl sites for hydroxylation is 1. The molecule has 1 aromatic carbocycles. The van der Waals surface area contributed by atoms with Crippen LogP contribution in [0.5, 0.6) is 5.75 Å². The van der Waals surface area contributed by atoms with E-state index < -0.39 is 0 Å². The van der Waals surface area contributed by atoms with Crippen LogP contribution in [0.1, 0.15) is 17.9 Å². The summed E-state index contributed by atoms with van der Waals surface area (Å²) in [6, 6.07) is 6.72. The van der Waals surface area contributed by atoms with E-state index in [0.717, 1.165) is 29.5 Å². The van der Waals surface area contributed by atoms with Crippen molar-refractivity contribution in [2.45, 2.75) is 23.8 Å². The maximum absolute atomic E-state index is 12.1. The second-order valence-corrected chi connectivity index (χ2v) is 9.07. The highest BCUT2D eigenvalue weighted by Gasteiger charge is 2.11. The van der Waals surface area contributed by atoms with Crippen LogP contribution in [0, 0.1) is 0 Å². The first kappa shape index (κ1) is 21.2. The zero-order valence-electron chi connectivity index (χ0n) is 15.9. The fraction of sp³-hybridized carbons (Fsp3) is 0.263. The molecular formula is C19H17Cl2N5O2S2. The first-order valence-electron chi connectivity index (χ1n) is 9.06. The van der Waals surface area contributed by atoms with Crippen molar-refractivity contribution in [1.29, 1.82) is 0 Å². The molecule has 0 unspecified atom stereocenters. The molecule has 0 fully saturated rings. The number of aromatic nitrogens is 5. The van der Waals surface area contributed by atoms with Crippen molar-refractivity contribution >= 4 is 51.3 Å². The molecule has 3 aromatic heterocycles. The summed E-state index contributed by atoms with van der Waals surface area (Å²) in [7, 11) is 1.93. The Hall–Kier alpha value is -2.07. The molecule has 0 atom stereocenters. The zero-order chi connectivity index (χ0) is 21.1. The van der Waals surface area contributed by atoms with Crippen LogP contribution in [0.2, 0.25) is 10.0 Å². The minimum atomic E-state index is -0.0729. The van der Waals surface area contributed by atoms with E-state index in [1.165, 1.54) is 23.1 Å². The van der Waals surface area contributed by atoms with Crippen LogP contribution >= 0.6 is 46.3 Å². The third-order valence-electron chi connectivity index (χ3n) is 4.33. The summed E-state index contributed by atoms with van der Waals surface area (Å²) in [6.07, 6.45) is 3.21. The van der Waals surface area contributed by atoms with Gasteiger partial charge in [0, 0.05) is 41.9 Å². The van der Waals surface area contributed by atoms with Crippen LogP contribution < -0.4 is 10.3 Å². The van der Waals surface area contributed by atoms with E-state index in [1.54, 1.807) is 34.9 Å². The average molecular weight is 482 g/mol. The van der Waals surface area contributed by atoms with Gasteiger partial charge in [0.05, 0.1) is 17.3 Å². The Labute approximate surface area is 190 Å². The van der Waals surface area contributed by atoms with Crippen LogP contribution in [0.25, 0.3) is 4.96 Å². The molecule has 4 rings (SSSR count). The Morgan fingerprint density at radius 3 is 2.93 bits per heavy atom. The van der Waals surface area contributed by atoms with Crippen molar-refractivity contribution in [3.63, 3.8) is 0 Å². The van der Waals surface area contributed by atoms with E-state index in [0.29, 0.717) is 33.1 Å². The first-order chi connectivity index (χ1) is 14.5. The number of benzene rings is 1. The molecule has 0 aliphatic heterocycles. The second kappa shape index (κ2) is 9.38. The summed E-state index contributed by atoms with van der Waals surface area (Å²) in [5.74, 6) is 2.03. The van der Waals surface area contributed by atoms with Crippen molar-refractivity contribution in [2.24, 2.45) is 7.05 Å². The SMILES string of the molecule is Cn1c(CCCOc2ccc(Cl)cc2Cl)nnc1SCc1cc(=O)n2ccsc2n1. The van der Waals surface area contributed by atoms with Gasteiger partial charge in [0.1, 0.15) is 11.6 Å². The summed E-state index contributed by atoms with van der Waals surface area (Å²) >= 11 is 14.9. The lowest BCUT2D eigenvalue weighted by Crippen LogP contribution is -2.12. The van der Waals surface area contributed by atoms with Gasteiger partial charge in [-0.15, -0.1) is 21.5 Å². The van der Waals surface area contributed by atoms with Crippen molar-refractivity contribution < 1.29 is 4.74 Å². The molecule has 0 saturated carbocycles. The molecule has 0 aliphatic carbocycles. The number of halogens is 2. The number of hydrogen-bond donors (Lipinski definition) is 0. The molecule has 0 spiro atoms. The molecule has 11 heteroatoms. The monoisotopic (exact) mass is 481 g/mol. The molecule has 30 heavy (non-hydrogen) atoms. The number of rotatable bonds is 8. The topological polar surface area (TPSA) is 74.3 Å². The summed E-state index contributed by atoms with van der Waals surface area (Å²) in [5, 5.41) is 12.2. The van der Waals surface area contributed by atoms with Crippen molar-refractivity contribution in [1.82, 2.24) is 24.1 Å². The molecule has 3 heterocycles. The fourth-order valence-corrected chi connectivity index (χ4v) is 4.82. The lowest BCUT2D eigenvalue weighted by molar-refractivity contribution is 0.309. The maximum Gasteiger partial charge on any atom is 0.258 e. The first-order valence-corrected chi connectivity index (χ1v) is 11.7. The van der Waals surface area contributed by atoms with E-state index in [2.05, 4.69) is 15.2 Å². The Bertz CT molecular complexity index is 1240. The fourth-order valence-electron chi connectivity index (χ4n) is 2.79. The van der Waals surface area contributed by atoms with Gasteiger partial charge in [-0.3, -0.25) is 9.20 Å². The standard InChI is InChI=1S/C19H17Cl2N5O2S2/c1-25-16(3-2-7-28-15-5-4-12(20)9-14(15)21)23-24-19(25)30-11-13-10-17(27)26-6-8-29-18(26)22-13/h4-6,8-10H,2-3,7,11H2,1H3. The Kier molecular flexibility index (Phi) is 6.62. The molecule has 0 saturated heterocycles. The number of thioether (sulfide) groups is 1. The normalized spacial score (nSPS) is 11.3. The largest absolute Gasteiger partial charge is 0.492 e. The number of thiazole rings is 1. The van der Waals surface area contributed by atoms with Crippen LogP contribution in [-0.2, 0) is 19.2 Å². The summed E-state index contributed by atoms with van der Waals surface area (Å²) in [5.41, 5.74) is 0.654. The van der Waals surface area contributed by atoms with Crippen LogP contribution in [0.3, 0.4) is 0 Å². The van der Waals surface area contributed by atoms with Crippen molar-refractivity contribution in [3.8, 4) is 5.75 Å². The van der Waals surface area contributed by atoms with Gasteiger partial charge in [-0.1, -0.05) is 35.0 Å². The van der Waals surface area contributed by atoms with Crippen LogP contribution in [0.4, 0.5) is 0 Å². The van der Waals surface area contributed by atoms with E-state index >= 15 is 0 Å². The Morgan fingerprint density at radius 1 is 1.23 bits per heavy atom. The van der Waals surface area contributed by atoms with Gasteiger partial charge in [0.2, 0.25) is 0 Å². The van der Waals surface area contributed by atoms with Crippen molar-refractivity contribution in [3.05, 3.63) is 67.8 Å². The smallest absolute Gasteiger partial charge is 0.258 e. The number of hydrogen-bond acceptors (Lipinski definition) is 7. The predicted octanol–water partition coefficient (Wildman–Crippen LogP) is 4.50. The van der Waals surface area contributed by atoms with Gasteiger partial charge < -0.3 is 9.30 Å². The molecule has 4 aromatic rings. The third-order valence-corrected chi connectivity index (χ3v) is 6.67. The minimum Gasteiger partial charge on any atom is -0.492 e. The maximum atomic E-state index is 12.1. The van der Waals surface area contributed by atoms with Gasteiger partial charge in [-0.05, 0) is 24.6 Å². The van der Waals surface area contributed by atoms with Gasteiger partial charge in [0.25, 0.3) is 5.56 Å². The molecule has 0 radical (unpaired) electrons. The van der Waals surface area contributed by atoms with E-state index in [-0.39, 0.29) is 5.56 Å². The molecule has 0 bridgehead atoms. The summed E-state index contributed by atoms with van der Waals surface area (Å²) in [6.45, 7) is 0.505. The Morgan fingerprint density at radius 2 is 2.10 bits per heavy atom. The van der Waals surface area contributed by atoms with E-state index in [9.17, 15) is 4.79 Å². The molecule has 7 nitrogen and oxygen atoms in total. The van der Waals surface area contributed by atoms with Crippen molar-refractivity contribution in [2.75, 3.05) is 6.61 Å². The van der Waals surface area contributed by atoms with E-state index in [1.807, 2.05) is 17.0 Å². The highest BCUT2D eigenvalue weighted by Crippen LogP contribution is 2.27. The molecule has 0 aliphatic rings. The summed E-state index contributed by atoms with van der Waals surface area (Å²) < 4.78 is 9.21. The van der Waals surface area contributed by atoms with Gasteiger partial charge in [-0.25, -0.2) is 4.98 Å². The Balaban J connectivity index is 1.31. The number of fused-ring (bicyclic) bond motifs is 1. The van der Waals surface area contributed by atoms with Crippen LogP contribution in [0.15, 0.2) is 45.8 Å². The van der Waals surface area contributed by atoms with Crippen LogP contribution in [-0.4, -0.2) is 30.8 Å². The average Bonchev–Trinajstić information content (AvgIpc) is 3.32. The molecule has 0 amide bonds. The second-order valence-electron chi connectivity index (χ2n) is 6.41. The number of ether oxygens (including phenoxy) is 1. The van der Waals surface area contributed by atoms with Gasteiger partial charge in [-0.2, -0.15) is 0 Å². The molecule has 156 valence electrons. The van der Waals surface area contributed by atoms with Gasteiger partial charge >= 0.3 is 0 Å². The predicted molar refractivity (Wildman–Crippen MR) is 120 cm³/mol. The lowest BCUT2D eigenvalue weighted by atomic mass is 10.3.